The second kappa shape index (κ2) is 4.93. The molecule has 0 amide bonds. The molecule has 88 valence electrons. The molecule has 1 aliphatic rings. The number of nitrogens with zero attached hydrogens (tertiary/aromatic N) is 3. The van der Waals surface area contributed by atoms with Gasteiger partial charge in [0, 0.05) is 18.7 Å². The summed E-state index contributed by atoms with van der Waals surface area (Å²) in [6.45, 7) is 1.50. The second-order valence-electron chi connectivity index (χ2n) is 4.18. The molecule has 0 saturated carbocycles. The predicted molar refractivity (Wildman–Crippen MR) is 62.1 cm³/mol. The monoisotopic (exact) mass is 231 g/mol. The van der Waals surface area contributed by atoms with Gasteiger partial charge in [-0.3, -0.25) is 15.0 Å². The van der Waals surface area contributed by atoms with E-state index in [2.05, 4.69) is 11.0 Å². The zero-order valence-electron chi connectivity index (χ0n) is 9.37. The number of nitriles is 1. The average Bonchev–Trinajstić information content (AvgIpc) is 2.76. The first-order valence-corrected chi connectivity index (χ1v) is 5.57. The molecular formula is C12H13N3O2. The molecule has 1 aromatic carbocycles. The molecule has 1 aromatic rings. The van der Waals surface area contributed by atoms with Gasteiger partial charge in [-0.05, 0) is 24.9 Å². The van der Waals surface area contributed by atoms with E-state index in [1.807, 2.05) is 6.07 Å². The summed E-state index contributed by atoms with van der Waals surface area (Å²) in [5.41, 5.74) is 0.997. The molecule has 0 N–H and O–H groups in total. The second-order valence-corrected chi connectivity index (χ2v) is 4.18. The summed E-state index contributed by atoms with van der Waals surface area (Å²) in [5, 5.41) is 19.6. The minimum absolute atomic E-state index is 0.0470. The smallest absolute Gasteiger partial charge is 0.269 e. The van der Waals surface area contributed by atoms with Gasteiger partial charge in [-0.15, -0.1) is 0 Å². The van der Waals surface area contributed by atoms with Gasteiger partial charge in [-0.1, -0.05) is 12.1 Å². The maximum absolute atomic E-state index is 10.7. The normalized spacial score (nSPS) is 20.1. The summed E-state index contributed by atoms with van der Waals surface area (Å²) >= 11 is 0. The number of hydrogen-bond donors (Lipinski definition) is 0. The first-order chi connectivity index (χ1) is 8.20. The molecule has 1 fully saturated rings. The van der Waals surface area contributed by atoms with Crippen molar-refractivity contribution < 1.29 is 4.92 Å². The van der Waals surface area contributed by atoms with E-state index >= 15 is 0 Å². The number of hydrogen-bond acceptors (Lipinski definition) is 4. The SMILES string of the molecule is N#CC1CCCN1Cc1cccc([N+](=O)[O-])c1. The van der Waals surface area contributed by atoms with Crippen molar-refractivity contribution in [1.29, 1.82) is 5.26 Å². The molecule has 0 spiro atoms. The highest BCUT2D eigenvalue weighted by atomic mass is 16.6. The highest BCUT2D eigenvalue weighted by Crippen LogP contribution is 2.21. The quantitative estimate of drug-likeness (QED) is 0.590. The third-order valence-electron chi connectivity index (χ3n) is 3.02. The summed E-state index contributed by atoms with van der Waals surface area (Å²) < 4.78 is 0. The lowest BCUT2D eigenvalue weighted by molar-refractivity contribution is -0.384. The van der Waals surface area contributed by atoms with Crippen LogP contribution < -0.4 is 0 Å². The Bertz CT molecular complexity index is 467. The highest BCUT2D eigenvalue weighted by molar-refractivity contribution is 5.34. The summed E-state index contributed by atoms with van der Waals surface area (Å²) in [5.74, 6) is 0. The zero-order chi connectivity index (χ0) is 12.3. The Kier molecular flexibility index (Phi) is 3.35. The highest BCUT2D eigenvalue weighted by Gasteiger charge is 2.24. The van der Waals surface area contributed by atoms with Gasteiger partial charge in [0.25, 0.3) is 5.69 Å². The predicted octanol–water partition coefficient (Wildman–Crippen LogP) is 2.08. The van der Waals surface area contributed by atoms with Crippen molar-refractivity contribution in [3.63, 3.8) is 0 Å². The Balaban J connectivity index is 2.11. The average molecular weight is 231 g/mol. The van der Waals surface area contributed by atoms with E-state index in [0.717, 1.165) is 24.9 Å². The van der Waals surface area contributed by atoms with Crippen molar-refractivity contribution in [2.24, 2.45) is 0 Å². The summed E-state index contributed by atoms with van der Waals surface area (Å²) in [4.78, 5) is 12.3. The lowest BCUT2D eigenvalue weighted by atomic mass is 10.2. The Labute approximate surface area is 99.4 Å². The van der Waals surface area contributed by atoms with E-state index in [1.54, 1.807) is 12.1 Å². The van der Waals surface area contributed by atoms with Crippen molar-refractivity contribution in [2.45, 2.75) is 25.4 Å². The number of nitro benzene ring substituents is 1. The van der Waals surface area contributed by atoms with Crippen LogP contribution in [0.25, 0.3) is 0 Å². The molecule has 0 radical (unpaired) electrons. The van der Waals surface area contributed by atoms with Crippen LogP contribution in [0.4, 0.5) is 5.69 Å². The van der Waals surface area contributed by atoms with Crippen molar-refractivity contribution in [2.75, 3.05) is 6.54 Å². The first-order valence-electron chi connectivity index (χ1n) is 5.57. The van der Waals surface area contributed by atoms with E-state index in [-0.39, 0.29) is 11.7 Å². The van der Waals surface area contributed by atoms with E-state index in [9.17, 15) is 10.1 Å². The number of rotatable bonds is 3. The molecule has 1 saturated heterocycles. The van der Waals surface area contributed by atoms with Crippen LogP contribution in [0.15, 0.2) is 24.3 Å². The Morgan fingerprint density at radius 3 is 3.12 bits per heavy atom. The van der Waals surface area contributed by atoms with E-state index in [1.165, 1.54) is 6.07 Å². The van der Waals surface area contributed by atoms with Gasteiger partial charge >= 0.3 is 0 Å². The molecule has 0 aromatic heterocycles. The Hall–Kier alpha value is -1.93. The molecule has 0 aliphatic carbocycles. The van der Waals surface area contributed by atoms with Crippen LogP contribution in [-0.2, 0) is 6.54 Å². The van der Waals surface area contributed by atoms with Gasteiger partial charge in [0.2, 0.25) is 0 Å². The van der Waals surface area contributed by atoms with Crippen LogP contribution in [0.2, 0.25) is 0 Å². The minimum Gasteiger partial charge on any atom is -0.284 e. The number of nitro groups is 1. The lowest BCUT2D eigenvalue weighted by Crippen LogP contribution is -2.27. The topological polar surface area (TPSA) is 70.2 Å². The molecule has 5 nitrogen and oxygen atoms in total. The zero-order valence-corrected chi connectivity index (χ0v) is 9.37. The molecule has 1 atom stereocenters. The lowest BCUT2D eigenvalue weighted by Gasteiger charge is -2.18. The van der Waals surface area contributed by atoms with Crippen molar-refractivity contribution in [1.82, 2.24) is 4.90 Å². The molecule has 5 heteroatoms. The van der Waals surface area contributed by atoms with Crippen LogP contribution in [-0.4, -0.2) is 22.4 Å². The number of non-ortho nitro benzene ring substituents is 1. The van der Waals surface area contributed by atoms with Crippen LogP contribution >= 0.6 is 0 Å². The fourth-order valence-electron chi connectivity index (χ4n) is 2.16. The van der Waals surface area contributed by atoms with E-state index < -0.39 is 4.92 Å². The van der Waals surface area contributed by atoms with Gasteiger partial charge in [-0.25, -0.2) is 0 Å². The summed E-state index contributed by atoms with van der Waals surface area (Å²) in [6, 6.07) is 8.82. The Morgan fingerprint density at radius 2 is 2.41 bits per heavy atom. The molecule has 2 rings (SSSR count). The first kappa shape index (κ1) is 11.6. The van der Waals surface area contributed by atoms with Crippen molar-refractivity contribution in [3.8, 4) is 6.07 Å². The summed E-state index contributed by atoms with van der Waals surface area (Å²) in [7, 11) is 0. The maximum Gasteiger partial charge on any atom is 0.269 e. The molecule has 0 bridgehead atoms. The van der Waals surface area contributed by atoms with Gasteiger partial charge in [0.05, 0.1) is 17.0 Å². The molecule has 1 unspecified atom stereocenters. The third-order valence-corrected chi connectivity index (χ3v) is 3.02. The largest absolute Gasteiger partial charge is 0.284 e. The molecular weight excluding hydrogens is 218 g/mol. The van der Waals surface area contributed by atoms with Crippen LogP contribution in [0.3, 0.4) is 0 Å². The fourth-order valence-corrected chi connectivity index (χ4v) is 2.16. The van der Waals surface area contributed by atoms with E-state index in [0.29, 0.717) is 6.54 Å². The summed E-state index contributed by atoms with van der Waals surface area (Å²) in [6.07, 6.45) is 1.92. The molecule has 1 heterocycles. The van der Waals surface area contributed by atoms with Gasteiger partial charge in [0.1, 0.15) is 0 Å². The van der Waals surface area contributed by atoms with Crippen molar-refractivity contribution in [3.05, 3.63) is 39.9 Å². The van der Waals surface area contributed by atoms with Crippen LogP contribution in [0, 0.1) is 21.4 Å². The van der Waals surface area contributed by atoms with Gasteiger partial charge in [0.15, 0.2) is 0 Å². The number of benzene rings is 1. The standard InChI is InChI=1S/C12H13N3O2/c13-8-12-5-2-6-14(12)9-10-3-1-4-11(7-10)15(16)17/h1,3-4,7,12H,2,5-6,9H2. The molecule has 17 heavy (non-hydrogen) atoms. The Morgan fingerprint density at radius 1 is 1.59 bits per heavy atom. The third kappa shape index (κ3) is 2.60. The van der Waals surface area contributed by atoms with Gasteiger partial charge in [-0.2, -0.15) is 5.26 Å². The number of likely N-dealkylation sites (tertiary alicyclic amines) is 1. The van der Waals surface area contributed by atoms with Crippen LogP contribution in [0.1, 0.15) is 18.4 Å². The van der Waals surface area contributed by atoms with Gasteiger partial charge < -0.3 is 0 Å². The fraction of sp³-hybridized carbons (Fsp3) is 0.417. The van der Waals surface area contributed by atoms with Crippen molar-refractivity contribution >= 4 is 5.69 Å². The van der Waals surface area contributed by atoms with E-state index in [4.69, 9.17) is 5.26 Å². The molecule has 1 aliphatic heterocycles. The van der Waals surface area contributed by atoms with Crippen LogP contribution in [0.5, 0.6) is 0 Å². The maximum atomic E-state index is 10.7. The minimum atomic E-state index is -0.394.